The summed E-state index contributed by atoms with van der Waals surface area (Å²) in [6.07, 6.45) is 4.21. The van der Waals surface area contributed by atoms with Gasteiger partial charge in [-0.3, -0.25) is 19.9 Å². The lowest BCUT2D eigenvalue weighted by molar-refractivity contribution is -0.119. The molecular weight excluding hydrogens is 362 g/mol. The second-order valence-corrected chi connectivity index (χ2v) is 7.11. The summed E-state index contributed by atoms with van der Waals surface area (Å²) in [5, 5.41) is 11.9. The van der Waals surface area contributed by atoms with Crippen LogP contribution in [0.5, 0.6) is 0 Å². The van der Waals surface area contributed by atoms with Gasteiger partial charge in [0.05, 0.1) is 0 Å². The van der Waals surface area contributed by atoms with Crippen molar-refractivity contribution in [3.8, 4) is 10.7 Å². The van der Waals surface area contributed by atoms with Gasteiger partial charge >= 0.3 is 0 Å². The Kier molecular flexibility index (Phi) is 4.88. The van der Waals surface area contributed by atoms with Gasteiger partial charge in [0, 0.05) is 30.4 Å². The van der Waals surface area contributed by atoms with Crippen LogP contribution < -0.4 is 10.2 Å². The minimum atomic E-state index is -0.268. The highest BCUT2D eigenvalue weighted by molar-refractivity contribution is 7.18. The van der Waals surface area contributed by atoms with E-state index in [1.165, 1.54) is 11.3 Å². The van der Waals surface area contributed by atoms with Crippen molar-refractivity contribution in [1.82, 2.24) is 15.2 Å². The van der Waals surface area contributed by atoms with Gasteiger partial charge < -0.3 is 4.90 Å². The molecule has 7 nitrogen and oxygen atoms in total. The van der Waals surface area contributed by atoms with Gasteiger partial charge in [0.2, 0.25) is 11.0 Å². The third-order valence-electron chi connectivity index (χ3n) is 4.29. The summed E-state index contributed by atoms with van der Waals surface area (Å²) in [5.41, 5.74) is 2.04. The Morgan fingerprint density at radius 2 is 1.93 bits per heavy atom. The standard InChI is InChI=1S/C19H17N5O2S/c25-16-6-2-4-12-24(16)14-9-7-13(8-10-14)17(26)21-19-23-22-18(27-19)15-5-1-3-11-20-15/h1,3,5,7-11H,2,4,6,12H2,(H,21,23,26). The van der Waals surface area contributed by atoms with Gasteiger partial charge in [0.15, 0.2) is 5.01 Å². The van der Waals surface area contributed by atoms with Gasteiger partial charge in [-0.2, -0.15) is 0 Å². The lowest BCUT2D eigenvalue weighted by atomic mass is 10.1. The molecule has 1 saturated heterocycles. The van der Waals surface area contributed by atoms with Crippen LogP contribution in [0.2, 0.25) is 0 Å². The molecule has 27 heavy (non-hydrogen) atoms. The van der Waals surface area contributed by atoms with E-state index in [0.29, 0.717) is 27.8 Å². The van der Waals surface area contributed by atoms with Crippen LogP contribution in [-0.2, 0) is 4.79 Å². The number of nitrogens with zero attached hydrogens (tertiary/aromatic N) is 4. The molecule has 0 aliphatic carbocycles. The maximum absolute atomic E-state index is 12.4. The summed E-state index contributed by atoms with van der Waals surface area (Å²) < 4.78 is 0. The Morgan fingerprint density at radius 3 is 2.67 bits per heavy atom. The third kappa shape index (κ3) is 3.85. The molecule has 3 heterocycles. The van der Waals surface area contributed by atoms with Crippen molar-refractivity contribution >= 4 is 34.0 Å². The molecule has 1 aromatic carbocycles. The predicted molar refractivity (Wildman–Crippen MR) is 104 cm³/mol. The average Bonchev–Trinajstić information content (AvgIpc) is 3.18. The second kappa shape index (κ2) is 7.63. The maximum Gasteiger partial charge on any atom is 0.257 e. The summed E-state index contributed by atoms with van der Waals surface area (Å²) in [5.74, 6) is -0.135. The number of hydrogen-bond donors (Lipinski definition) is 1. The first kappa shape index (κ1) is 17.3. The van der Waals surface area contributed by atoms with Crippen LogP contribution in [0.1, 0.15) is 29.6 Å². The van der Waals surface area contributed by atoms with Gasteiger partial charge in [-0.25, -0.2) is 0 Å². The van der Waals surface area contributed by atoms with Crippen molar-refractivity contribution in [2.75, 3.05) is 16.8 Å². The molecule has 136 valence electrons. The van der Waals surface area contributed by atoms with Crippen molar-refractivity contribution in [1.29, 1.82) is 0 Å². The van der Waals surface area contributed by atoms with Crippen LogP contribution in [0.15, 0.2) is 48.7 Å². The molecule has 1 fully saturated rings. The Balaban J connectivity index is 1.44. The van der Waals surface area contributed by atoms with Gasteiger partial charge in [0.25, 0.3) is 5.91 Å². The maximum atomic E-state index is 12.4. The molecule has 0 radical (unpaired) electrons. The molecular formula is C19H17N5O2S. The molecule has 0 spiro atoms. The van der Waals surface area contributed by atoms with Gasteiger partial charge in [-0.15, -0.1) is 10.2 Å². The van der Waals surface area contributed by atoms with Crippen molar-refractivity contribution in [3.05, 3.63) is 54.2 Å². The monoisotopic (exact) mass is 379 g/mol. The Hall–Kier alpha value is -3.13. The summed E-state index contributed by atoms with van der Waals surface area (Å²) in [6.45, 7) is 0.728. The van der Waals surface area contributed by atoms with E-state index in [4.69, 9.17) is 0 Å². The Bertz CT molecular complexity index is 956. The number of carbonyl (C=O) groups is 2. The Morgan fingerprint density at radius 1 is 1.07 bits per heavy atom. The highest BCUT2D eigenvalue weighted by Crippen LogP contribution is 2.25. The van der Waals surface area contributed by atoms with E-state index in [9.17, 15) is 9.59 Å². The minimum absolute atomic E-state index is 0.134. The van der Waals surface area contributed by atoms with E-state index in [2.05, 4.69) is 20.5 Å². The topological polar surface area (TPSA) is 88.1 Å². The van der Waals surface area contributed by atoms with E-state index < -0.39 is 0 Å². The summed E-state index contributed by atoms with van der Waals surface area (Å²) in [7, 11) is 0. The van der Waals surface area contributed by atoms with Crippen molar-refractivity contribution in [2.24, 2.45) is 0 Å². The van der Waals surface area contributed by atoms with Crippen LogP contribution in [0, 0.1) is 0 Å². The SMILES string of the molecule is O=C(Nc1nnc(-c2ccccn2)s1)c1ccc(N2CCCCC2=O)cc1. The number of piperidine rings is 1. The van der Waals surface area contributed by atoms with Crippen LogP contribution in [0.25, 0.3) is 10.7 Å². The smallest absolute Gasteiger partial charge is 0.257 e. The normalized spacial score (nSPS) is 14.2. The molecule has 4 rings (SSSR count). The van der Waals surface area contributed by atoms with Crippen LogP contribution >= 0.6 is 11.3 Å². The van der Waals surface area contributed by atoms with Gasteiger partial charge in [0.1, 0.15) is 5.69 Å². The van der Waals surface area contributed by atoms with Crippen LogP contribution in [-0.4, -0.2) is 33.5 Å². The first-order chi connectivity index (χ1) is 13.2. The molecule has 0 atom stereocenters. The number of rotatable bonds is 4. The average molecular weight is 379 g/mol. The molecule has 1 aliphatic heterocycles. The van der Waals surface area contributed by atoms with Crippen LogP contribution in [0.3, 0.4) is 0 Å². The zero-order valence-corrected chi connectivity index (χ0v) is 15.3. The van der Waals surface area contributed by atoms with Gasteiger partial charge in [-0.1, -0.05) is 17.4 Å². The number of pyridine rings is 1. The molecule has 2 amide bonds. The van der Waals surface area contributed by atoms with E-state index in [1.807, 2.05) is 18.2 Å². The number of amides is 2. The zero-order chi connectivity index (χ0) is 18.6. The molecule has 1 aliphatic rings. The minimum Gasteiger partial charge on any atom is -0.312 e. The fraction of sp³-hybridized carbons (Fsp3) is 0.211. The lowest BCUT2D eigenvalue weighted by Gasteiger charge is -2.26. The quantitative estimate of drug-likeness (QED) is 0.751. The van der Waals surface area contributed by atoms with Gasteiger partial charge in [-0.05, 0) is 49.2 Å². The van der Waals surface area contributed by atoms with Crippen molar-refractivity contribution in [3.63, 3.8) is 0 Å². The lowest BCUT2D eigenvalue weighted by Crippen LogP contribution is -2.35. The third-order valence-corrected chi connectivity index (χ3v) is 5.16. The second-order valence-electron chi connectivity index (χ2n) is 6.13. The number of benzene rings is 1. The van der Waals surface area contributed by atoms with E-state index >= 15 is 0 Å². The summed E-state index contributed by atoms with van der Waals surface area (Å²) >= 11 is 1.27. The molecule has 0 unspecified atom stereocenters. The fourth-order valence-electron chi connectivity index (χ4n) is 2.91. The Labute approximate surface area is 160 Å². The number of aromatic nitrogens is 3. The summed E-state index contributed by atoms with van der Waals surface area (Å²) in [6, 6.07) is 12.6. The van der Waals surface area contributed by atoms with E-state index in [0.717, 1.165) is 25.1 Å². The molecule has 0 bridgehead atoms. The van der Waals surface area contributed by atoms with Crippen molar-refractivity contribution < 1.29 is 9.59 Å². The zero-order valence-electron chi connectivity index (χ0n) is 14.5. The van der Waals surface area contributed by atoms with E-state index in [1.54, 1.807) is 35.4 Å². The number of nitrogens with one attached hydrogen (secondary N) is 1. The molecule has 1 N–H and O–H groups in total. The first-order valence-corrected chi connectivity index (χ1v) is 9.49. The first-order valence-electron chi connectivity index (χ1n) is 8.67. The highest BCUT2D eigenvalue weighted by Gasteiger charge is 2.20. The number of carbonyl (C=O) groups excluding carboxylic acids is 2. The molecule has 8 heteroatoms. The largest absolute Gasteiger partial charge is 0.312 e. The molecule has 2 aromatic heterocycles. The molecule has 0 saturated carbocycles. The van der Waals surface area contributed by atoms with Crippen LogP contribution in [0.4, 0.5) is 10.8 Å². The van der Waals surface area contributed by atoms with E-state index in [-0.39, 0.29) is 11.8 Å². The fourth-order valence-corrected chi connectivity index (χ4v) is 3.62. The predicted octanol–water partition coefficient (Wildman–Crippen LogP) is 3.37. The van der Waals surface area contributed by atoms with Crippen molar-refractivity contribution in [2.45, 2.75) is 19.3 Å². The molecule has 3 aromatic rings. The number of hydrogen-bond acceptors (Lipinski definition) is 6. The highest BCUT2D eigenvalue weighted by atomic mass is 32.1. The summed E-state index contributed by atoms with van der Waals surface area (Å²) in [4.78, 5) is 30.4. The number of anilines is 2.